The zero-order valence-corrected chi connectivity index (χ0v) is 20.7. The molecule has 0 aliphatic carbocycles. The van der Waals surface area contributed by atoms with Gasteiger partial charge in [0.05, 0.1) is 17.6 Å². The number of carbonyl (C=O) groups excluding carboxylic acids is 3. The highest BCUT2D eigenvalue weighted by atomic mass is 32.1. The third-order valence-corrected chi connectivity index (χ3v) is 6.42. The van der Waals surface area contributed by atoms with E-state index >= 15 is 0 Å². The number of hydrogen-bond donors (Lipinski definition) is 1. The highest BCUT2D eigenvalue weighted by Crippen LogP contribution is 2.34. The Morgan fingerprint density at radius 2 is 1.69 bits per heavy atom. The molecule has 0 saturated heterocycles. The molecular weight excluding hydrogens is 424 g/mol. The number of ether oxygens (including phenoxy) is 1. The van der Waals surface area contributed by atoms with Crippen molar-refractivity contribution in [3.8, 4) is 0 Å². The Hall–Kier alpha value is -2.93. The Morgan fingerprint density at radius 1 is 1.09 bits per heavy atom. The van der Waals surface area contributed by atoms with E-state index < -0.39 is 11.9 Å². The lowest BCUT2D eigenvalue weighted by atomic mass is 9.87. The van der Waals surface area contributed by atoms with Gasteiger partial charge in [-0.25, -0.2) is 4.79 Å². The summed E-state index contributed by atoms with van der Waals surface area (Å²) in [7, 11) is 1.28. The Morgan fingerprint density at radius 3 is 2.19 bits per heavy atom. The van der Waals surface area contributed by atoms with Crippen LogP contribution in [0.4, 0.5) is 5.00 Å². The van der Waals surface area contributed by atoms with Crippen LogP contribution in [0.1, 0.15) is 71.3 Å². The lowest BCUT2D eigenvalue weighted by Gasteiger charge is -2.18. The molecule has 1 aromatic carbocycles. The molecule has 172 valence electrons. The van der Waals surface area contributed by atoms with Crippen LogP contribution in [0.15, 0.2) is 30.3 Å². The molecule has 1 heterocycles. The number of hydrogen-bond acceptors (Lipinski definition) is 5. The van der Waals surface area contributed by atoms with Crippen LogP contribution in [-0.4, -0.2) is 42.9 Å². The number of rotatable bonds is 7. The molecule has 0 spiro atoms. The van der Waals surface area contributed by atoms with Crippen molar-refractivity contribution in [1.82, 2.24) is 4.90 Å². The molecule has 0 aliphatic heterocycles. The number of nitrogens with one attached hydrogen (secondary N) is 1. The average molecular weight is 457 g/mol. The van der Waals surface area contributed by atoms with Gasteiger partial charge in [0.25, 0.3) is 5.91 Å². The van der Waals surface area contributed by atoms with E-state index in [4.69, 9.17) is 4.74 Å². The molecule has 6 nitrogen and oxygen atoms in total. The third-order valence-electron chi connectivity index (χ3n) is 5.22. The zero-order chi connectivity index (χ0) is 24.1. The number of esters is 1. The van der Waals surface area contributed by atoms with Crippen molar-refractivity contribution in [2.75, 3.05) is 25.5 Å². The van der Waals surface area contributed by atoms with Gasteiger partial charge in [-0.3, -0.25) is 9.59 Å². The minimum Gasteiger partial charge on any atom is -0.465 e. The highest BCUT2D eigenvalue weighted by Gasteiger charge is 2.27. The SMILES string of the molecule is CCN(CC)C(=O)c1sc(NC(=O)C=Cc2ccc(C(C)(C)C)cc2)c(C(=O)OC)c1C. The normalized spacial score (nSPS) is 11.5. The molecule has 1 aromatic heterocycles. The van der Waals surface area contributed by atoms with Gasteiger partial charge in [0.1, 0.15) is 5.00 Å². The molecule has 1 N–H and O–H groups in total. The Labute approximate surface area is 194 Å². The Bertz CT molecular complexity index is 1010. The van der Waals surface area contributed by atoms with Crippen molar-refractivity contribution in [2.45, 2.75) is 47.0 Å². The zero-order valence-electron chi connectivity index (χ0n) is 19.9. The average Bonchev–Trinajstić information content (AvgIpc) is 3.07. The monoisotopic (exact) mass is 456 g/mol. The molecule has 32 heavy (non-hydrogen) atoms. The maximum Gasteiger partial charge on any atom is 0.341 e. The summed E-state index contributed by atoms with van der Waals surface area (Å²) >= 11 is 1.09. The number of thiophene rings is 1. The molecule has 0 saturated carbocycles. The van der Waals surface area contributed by atoms with Crippen molar-refractivity contribution in [1.29, 1.82) is 0 Å². The van der Waals surface area contributed by atoms with Gasteiger partial charge in [-0.15, -0.1) is 11.3 Å². The molecule has 0 fully saturated rings. The van der Waals surface area contributed by atoms with Gasteiger partial charge in [0.2, 0.25) is 5.91 Å². The van der Waals surface area contributed by atoms with Crippen molar-refractivity contribution in [3.63, 3.8) is 0 Å². The Kier molecular flexibility index (Phi) is 8.38. The minimum absolute atomic E-state index is 0.0568. The fraction of sp³-hybridized carbons (Fsp3) is 0.400. The molecule has 2 aromatic rings. The second-order valence-electron chi connectivity index (χ2n) is 8.42. The molecule has 2 amide bonds. The first kappa shape index (κ1) is 25.3. The van der Waals surface area contributed by atoms with Gasteiger partial charge in [-0.1, -0.05) is 45.0 Å². The topological polar surface area (TPSA) is 75.7 Å². The van der Waals surface area contributed by atoms with Crippen LogP contribution in [0.2, 0.25) is 0 Å². The van der Waals surface area contributed by atoms with Crippen LogP contribution >= 0.6 is 11.3 Å². The smallest absolute Gasteiger partial charge is 0.341 e. The minimum atomic E-state index is -0.589. The summed E-state index contributed by atoms with van der Waals surface area (Å²) in [6, 6.07) is 8.00. The lowest BCUT2D eigenvalue weighted by molar-refractivity contribution is -0.111. The summed E-state index contributed by atoms with van der Waals surface area (Å²) in [5, 5.41) is 3.05. The molecular formula is C25H32N2O4S. The molecule has 0 bridgehead atoms. The molecule has 7 heteroatoms. The van der Waals surface area contributed by atoms with Gasteiger partial charge in [0.15, 0.2) is 0 Å². The highest BCUT2D eigenvalue weighted by molar-refractivity contribution is 7.18. The summed E-state index contributed by atoms with van der Waals surface area (Å²) in [5.41, 5.74) is 2.88. The van der Waals surface area contributed by atoms with Crippen LogP contribution in [0, 0.1) is 6.92 Å². The van der Waals surface area contributed by atoms with Crippen LogP contribution in [0.3, 0.4) is 0 Å². The van der Waals surface area contributed by atoms with Gasteiger partial charge in [-0.05, 0) is 49.0 Å². The molecule has 0 atom stereocenters. The molecule has 0 unspecified atom stereocenters. The van der Waals surface area contributed by atoms with E-state index in [0.717, 1.165) is 16.9 Å². The first-order valence-corrected chi connectivity index (χ1v) is 11.5. The summed E-state index contributed by atoms with van der Waals surface area (Å²) in [6.45, 7) is 13.0. The first-order valence-electron chi connectivity index (χ1n) is 10.6. The van der Waals surface area contributed by atoms with E-state index in [2.05, 4.69) is 26.1 Å². The number of carbonyl (C=O) groups is 3. The number of methoxy groups -OCH3 is 1. The van der Waals surface area contributed by atoms with Crippen molar-refractivity contribution in [3.05, 3.63) is 57.5 Å². The molecule has 0 aliphatic rings. The second-order valence-corrected chi connectivity index (χ2v) is 9.44. The van der Waals surface area contributed by atoms with Gasteiger partial charge < -0.3 is 15.0 Å². The fourth-order valence-corrected chi connectivity index (χ4v) is 4.39. The number of nitrogens with zero attached hydrogens (tertiary/aromatic N) is 1. The quantitative estimate of drug-likeness (QED) is 0.455. The van der Waals surface area contributed by atoms with E-state index in [9.17, 15) is 14.4 Å². The second kappa shape index (κ2) is 10.6. The van der Waals surface area contributed by atoms with E-state index in [1.165, 1.54) is 18.7 Å². The van der Waals surface area contributed by atoms with Crippen molar-refractivity contribution < 1.29 is 19.1 Å². The lowest BCUT2D eigenvalue weighted by Crippen LogP contribution is -2.30. The number of benzene rings is 1. The molecule has 2 rings (SSSR count). The number of anilines is 1. The summed E-state index contributed by atoms with van der Waals surface area (Å²) in [5.74, 6) is -1.15. The Balaban J connectivity index is 2.28. The summed E-state index contributed by atoms with van der Waals surface area (Å²) in [6.07, 6.45) is 3.12. The van der Waals surface area contributed by atoms with Gasteiger partial charge >= 0.3 is 5.97 Å². The standard InChI is InChI=1S/C25H32N2O4S/c1-8-27(9-2)23(29)21-16(3)20(24(30)31-7)22(32-21)26-19(28)15-12-17-10-13-18(14-11-17)25(4,5)6/h10-15H,8-9H2,1-7H3,(H,26,28). The van der Waals surface area contributed by atoms with E-state index in [1.807, 2.05) is 38.1 Å². The van der Waals surface area contributed by atoms with Crippen molar-refractivity contribution in [2.24, 2.45) is 0 Å². The fourth-order valence-electron chi connectivity index (χ4n) is 3.23. The van der Waals surface area contributed by atoms with Gasteiger partial charge in [0, 0.05) is 19.2 Å². The van der Waals surface area contributed by atoms with E-state index in [1.54, 1.807) is 17.9 Å². The first-order chi connectivity index (χ1) is 15.0. The van der Waals surface area contributed by atoms with Gasteiger partial charge in [-0.2, -0.15) is 0 Å². The van der Waals surface area contributed by atoms with Crippen LogP contribution < -0.4 is 5.32 Å². The number of amides is 2. The predicted octanol–water partition coefficient (Wildman–Crippen LogP) is 5.27. The predicted molar refractivity (Wildman–Crippen MR) is 130 cm³/mol. The van der Waals surface area contributed by atoms with Crippen LogP contribution in [-0.2, 0) is 14.9 Å². The summed E-state index contributed by atoms with van der Waals surface area (Å²) in [4.78, 5) is 39.9. The van der Waals surface area contributed by atoms with E-state index in [-0.39, 0.29) is 16.9 Å². The third kappa shape index (κ3) is 5.85. The van der Waals surface area contributed by atoms with Crippen LogP contribution in [0.5, 0.6) is 0 Å². The largest absolute Gasteiger partial charge is 0.465 e. The summed E-state index contributed by atoms with van der Waals surface area (Å²) < 4.78 is 4.89. The van der Waals surface area contributed by atoms with E-state index in [0.29, 0.717) is 28.5 Å². The molecule has 0 radical (unpaired) electrons. The van der Waals surface area contributed by atoms with Crippen LogP contribution in [0.25, 0.3) is 6.08 Å². The maximum atomic E-state index is 12.9. The maximum absolute atomic E-state index is 12.9. The van der Waals surface area contributed by atoms with Crippen molar-refractivity contribution >= 4 is 40.2 Å².